The zero-order chi connectivity index (χ0) is 17.3. The van der Waals surface area contributed by atoms with Crippen molar-refractivity contribution in [3.05, 3.63) is 11.3 Å². The van der Waals surface area contributed by atoms with Crippen LogP contribution >= 0.6 is 0 Å². The molecule has 6 atom stereocenters. The van der Waals surface area contributed by atoms with Crippen molar-refractivity contribution in [2.24, 2.45) is 40.2 Å². The Morgan fingerprint density at radius 3 is 2.50 bits per heavy atom. The number of ketones is 2. The SMILES string of the molecule is CC(=O)[C@H]1CC[C@H]2[C@@H]3CCC4=C(N)C(=O)CC[C@]4(C)[C@H]3CC[C@]12C. The first-order valence-electron chi connectivity index (χ1n) is 9.82. The van der Waals surface area contributed by atoms with Gasteiger partial charge >= 0.3 is 0 Å². The van der Waals surface area contributed by atoms with Crippen LogP contribution in [0.2, 0.25) is 0 Å². The van der Waals surface area contributed by atoms with E-state index < -0.39 is 0 Å². The Morgan fingerprint density at radius 1 is 1.04 bits per heavy atom. The summed E-state index contributed by atoms with van der Waals surface area (Å²) in [6.45, 7) is 6.55. The van der Waals surface area contributed by atoms with E-state index in [-0.39, 0.29) is 22.5 Å². The van der Waals surface area contributed by atoms with Crippen molar-refractivity contribution in [2.45, 2.75) is 72.1 Å². The molecule has 132 valence electrons. The normalized spacial score (nSPS) is 47.9. The van der Waals surface area contributed by atoms with E-state index in [2.05, 4.69) is 13.8 Å². The Hall–Kier alpha value is -1.12. The molecular formula is C21H31NO2. The first-order chi connectivity index (χ1) is 11.3. The maximum atomic E-state index is 12.2. The lowest BCUT2D eigenvalue weighted by Gasteiger charge is -2.58. The van der Waals surface area contributed by atoms with E-state index in [0.717, 1.165) is 25.7 Å². The molecule has 0 unspecified atom stereocenters. The van der Waals surface area contributed by atoms with E-state index in [1.165, 1.54) is 24.8 Å². The van der Waals surface area contributed by atoms with Gasteiger partial charge in [-0.1, -0.05) is 13.8 Å². The molecule has 3 nitrogen and oxygen atoms in total. The van der Waals surface area contributed by atoms with Crippen molar-refractivity contribution in [3.63, 3.8) is 0 Å². The Bertz CT molecular complexity index is 636. The fourth-order valence-electron chi connectivity index (χ4n) is 7.42. The van der Waals surface area contributed by atoms with Crippen LogP contribution in [0.15, 0.2) is 11.3 Å². The molecular weight excluding hydrogens is 298 g/mol. The number of allylic oxidation sites excluding steroid dienone is 1. The second-order valence-electron chi connectivity index (χ2n) is 9.43. The van der Waals surface area contributed by atoms with Crippen molar-refractivity contribution in [2.75, 3.05) is 0 Å². The van der Waals surface area contributed by atoms with Gasteiger partial charge in [-0.3, -0.25) is 9.59 Å². The average Bonchev–Trinajstić information content (AvgIpc) is 2.89. The van der Waals surface area contributed by atoms with Crippen molar-refractivity contribution in [3.8, 4) is 0 Å². The number of nitrogens with two attached hydrogens (primary N) is 1. The predicted molar refractivity (Wildman–Crippen MR) is 94.0 cm³/mol. The van der Waals surface area contributed by atoms with Crippen molar-refractivity contribution in [1.82, 2.24) is 0 Å². The first-order valence-corrected chi connectivity index (χ1v) is 9.82. The topological polar surface area (TPSA) is 60.2 Å². The molecule has 3 saturated carbocycles. The van der Waals surface area contributed by atoms with Crippen LogP contribution in [0.4, 0.5) is 0 Å². The molecule has 0 saturated heterocycles. The third-order valence-electron chi connectivity index (χ3n) is 8.66. The molecule has 4 rings (SSSR count). The molecule has 4 aliphatic carbocycles. The molecule has 24 heavy (non-hydrogen) atoms. The highest BCUT2D eigenvalue weighted by Gasteiger charge is 2.60. The van der Waals surface area contributed by atoms with Gasteiger partial charge in [0.05, 0.1) is 5.70 Å². The van der Waals surface area contributed by atoms with Crippen LogP contribution in [0.1, 0.15) is 72.1 Å². The minimum absolute atomic E-state index is 0.122. The summed E-state index contributed by atoms with van der Waals surface area (Å²) in [6, 6.07) is 0. The number of rotatable bonds is 1. The van der Waals surface area contributed by atoms with Gasteiger partial charge in [0.15, 0.2) is 5.78 Å². The summed E-state index contributed by atoms with van der Waals surface area (Å²) in [5.41, 5.74) is 8.41. The maximum absolute atomic E-state index is 12.2. The second-order valence-corrected chi connectivity index (χ2v) is 9.43. The molecule has 0 aromatic rings. The summed E-state index contributed by atoms with van der Waals surface area (Å²) in [7, 11) is 0. The van der Waals surface area contributed by atoms with E-state index in [9.17, 15) is 9.59 Å². The molecule has 0 aromatic heterocycles. The van der Waals surface area contributed by atoms with E-state index in [1.54, 1.807) is 6.92 Å². The predicted octanol–water partition coefficient (Wildman–Crippen LogP) is 4.01. The Balaban J connectivity index is 1.69. The average molecular weight is 329 g/mol. The minimum atomic E-state index is 0.122. The number of hydrogen-bond acceptors (Lipinski definition) is 3. The number of hydrogen-bond donors (Lipinski definition) is 1. The summed E-state index contributed by atoms with van der Waals surface area (Å²) >= 11 is 0. The van der Waals surface area contributed by atoms with Crippen LogP contribution in [-0.2, 0) is 9.59 Å². The zero-order valence-corrected chi connectivity index (χ0v) is 15.4. The highest BCUT2D eigenvalue weighted by atomic mass is 16.1. The Morgan fingerprint density at radius 2 is 1.79 bits per heavy atom. The van der Waals surface area contributed by atoms with Crippen LogP contribution in [-0.4, -0.2) is 11.6 Å². The Labute approximate surface area is 145 Å². The van der Waals surface area contributed by atoms with Crippen LogP contribution in [0.5, 0.6) is 0 Å². The first kappa shape index (κ1) is 16.4. The van der Waals surface area contributed by atoms with E-state index in [0.29, 0.717) is 35.7 Å². The highest BCUT2D eigenvalue weighted by Crippen LogP contribution is 2.66. The van der Waals surface area contributed by atoms with Crippen LogP contribution in [0.3, 0.4) is 0 Å². The third kappa shape index (κ3) is 1.96. The number of carbonyl (C=O) groups is 2. The van der Waals surface area contributed by atoms with Gasteiger partial charge in [0.2, 0.25) is 0 Å². The Kier molecular flexibility index (Phi) is 3.54. The molecule has 2 N–H and O–H groups in total. The summed E-state index contributed by atoms with van der Waals surface area (Å²) in [5, 5.41) is 0. The van der Waals surface area contributed by atoms with Gasteiger partial charge in [0, 0.05) is 12.3 Å². The van der Waals surface area contributed by atoms with E-state index >= 15 is 0 Å². The molecule has 0 radical (unpaired) electrons. The standard InChI is InChI=1S/C21H31NO2/c1-12(23)14-6-7-15-13-4-5-17-19(22)18(24)9-11-21(17,3)16(13)8-10-20(14,15)2/h13-16H,4-11,22H2,1-3H3/t13-,14+,15-,16-,20+,21+/m0/s1. The van der Waals surface area contributed by atoms with Gasteiger partial charge in [-0.2, -0.15) is 0 Å². The van der Waals surface area contributed by atoms with E-state index in [1.807, 2.05) is 0 Å². The second kappa shape index (κ2) is 5.19. The molecule has 0 heterocycles. The maximum Gasteiger partial charge on any atom is 0.178 e. The zero-order valence-electron chi connectivity index (χ0n) is 15.4. The molecule has 4 aliphatic rings. The molecule has 0 aliphatic heterocycles. The van der Waals surface area contributed by atoms with Gasteiger partial charge in [0.25, 0.3) is 0 Å². The quantitative estimate of drug-likeness (QED) is 0.790. The number of Topliss-reactive ketones (excluding diaryl/α,β-unsaturated/α-hetero) is 2. The lowest BCUT2D eigenvalue weighted by atomic mass is 9.46. The largest absolute Gasteiger partial charge is 0.396 e. The van der Waals surface area contributed by atoms with Crippen molar-refractivity contribution >= 4 is 11.6 Å². The summed E-state index contributed by atoms with van der Waals surface area (Å²) < 4.78 is 0. The molecule has 3 heteroatoms. The highest BCUT2D eigenvalue weighted by molar-refractivity contribution is 5.96. The third-order valence-corrected chi connectivity index (χ3v) is 8.66. The molecule has 0 bridgehead atoms. The molecule has 3 fully saturated rings. The van der Waals surface area contributed by atoms with Crippen molar-refractivity contribution < 1.29 is 9.59 Å². The number of carbonyl (C=O) groups excluding carboxylic acids is 2. The number of fused-ring (bicyclic) bond motifs is 5. The fourth-order valence-corrected chi connectivity index (χ4v) is 7.42. The summed E-state index contributed by atoms with van der Waals surface area (Å²) in [4.78, 5) is 24.3. The fraction of sp³-hybridized carbons (Fsp3) is 0.810. The van der Waals surface area contributed by atoms with Crippen LogP contribution in [0, 0.1) is 34.5 Å². The summed E-state index contributed by atoms with van der Waals surface area (Å²) in [5.74, 6) is 2.88. The summed E-state index contributed by atoms with van der Waals surface area (Å²) in [6.07, 6.45) is 8.41. The van der Waals surface area contributed by atoms with Gasteiger partial charge in [0.1, 0.15) is 5.78 Å². The lowest BCUT2D eigenvalue weighted by Crippen LogP contribution is -2.52. The van der Waals surface area contributed by atoms with Crippen molar-refractivity contribution in [1.29, 1.82) is 0 Å². The van der Waals surface area contributed by atoms with Gasteiger partial charge in [-0.25, -0.2) is 0 Å². The van der Waals surface area contributed by atoms with Gasteiger partial charge in [-0.05, 0) is 86.0 Å². The van der Waals surface area contributed by atoms with Gasteiger partial charge in [-0.15, -0.1) is 0 Å². The molecule has 0 spiro atoms. The smallest absolute Gasteiger partial charge is 0.178 e. The molecule has 0 aromatic carbocycles. The van der Waals surface area contributed by atoms with Crippen LogP contribution in [0.25, 0.3) is 0 Å². The lowest BCUT2D eigenvalue weighted by molar-refractivity contribution is -0.128. The van der Waals surface area contributed by atoms with E-state index in [4.69, 9.17) is 5.73 Å². The molecule has 0 amide bonds. The van der Waals surface area contributed by atoms with Gasteiger partial charge < -0.3 is 5.73 Å². The van der Waals surface area contributed by atoms with Crippen LogP contribution < -0.4 is 5.73 Å². The monoisotopic (exact) mass is 329 g/mol. The minimum Gasteiger partial charge on any atom is -0.396 e.